The first-order chi connectivity index (χ1) is 13.6. The van der Waals surface area contributed by atoms with Crippen molar-refractivity contribution in [1.29, 1.82) is 0 Å². The van der Waals surface area contributed by atoms with Crippen LogP contribution in [0.1, 0.15) is 38.7 Å². The van der Waals surface area contributed by atoms with Crippen LogP contribution in [0.4, 0.5) is 5.69 Å². The second kappa shape index (κ2) is 9.69. The van der Waals surface area contributed by atoms with E-state index in [0.717, 1.165) is 5.56 Å². The van der Waals surface area contributed by atoms with E-state index in [9.17, 15) is 9.59 Å². The van der Waals surface area contributed by atoms with Crippen molar-refractivity contribution in [2.45, 2.75) is 38.7 Å². The van der Waals surface area contributed by atoms with Crippen molar-refractivity contribution in [2.75, 3.05) is 5.32 Å². The zero-order valence-corrected chi connectivity index (χ0v) is 17.8. The number of nitrogens with one attached hydrogen (secondary N) is 1. The van der Waals surface area contributed by atoms with Gasteiger partial charge in [0.05, 0.1) is 17.4 Å². The maximum Gasteiger partial charge on any atom is 0.304 e. The van der Waals surface area contributed by atoms with Crippen molar-refractivity contribution in [3.63, 3.8) is 0 Å². The number of ether oxygens (including phenoxy) is 1. The molecule has 0 heterocycles. The maximum absolute atomic E-state index is 12.7. The van der Waals surface area contributed by atoms with E-state index in [1.165, 1.54) is 0 Å². The molecule has 0 radical (unpaired) electrons. The molecule has 1 atom stereocenters. The van der Waals surface area contributed by atoms with Gasteiger partial charge in [-0.2, -0.15) is 0 Å². The third kappa shape index (κ3) is 6.15. The molecule has 0 saturated heterocycles. The molecule has 0 aliphatic carbocycles. The fourth-order valence-electron chi connectivity index (χ4n) is 2.57. The summed E-state index contributed by atoms with van der Waals surface area (Å²) in [6.45, 7) is 4.90. The van der Waals surface area contributed by atoms with E-state index in [1.54, 1.807) is 63.2 Å². The van der Waals surface area contributed by atoms with Gasteiger partial charge >= 0.3 is 5.97 Å². The van der Waals surface area contributed by atoms with Crippen LogP contribution >= 0.6 is 23.2 Å². The Labute approximate surface area is 180 Å². The van der Waals surface area contributed by atoms with Crippen LogP contribution in [0.2, 0.25) is 10.0 Å². The molecule has 0 aliphatic heterocycles. The van der Waals surface area contributed by atoms with Crippen molar-refractivity contribution in [3.05, 3.63) is 58.1 Å². The van der Waals surface area contributed by atoms with Crippen LogP contribution in [0.15, 0.2) is 42.5 Å². The number of aliphatic carboxylic acids is 1. The third-order valence-electron chi connectivity index (χ3n) is 4.10. The number of carboxylic acids is 1. The number of carboxylic acid groups (broad SMARTS) is 1. The first kappa shape index (κ1) is 22.6. The molecule has 0 saturated carbocycles. The highest BCUT2D eigenvalue weighted by Crippen LogP contribution is 2.34. The minimum absolute atomic E-state index is 0.0895. The molecule has 29 heavy (non-hydrogen) atoms. The molecule has 0 aliphatic rings. The standard InChI is InChI=1S/C22H21Cl2NO4/c1-4-6-15(13-19(26)27)14-9-11-16(12-10-14)25-21(28)22(2,3)29-18-8-5-7-17(23)20(18)24/h5,7-12,15H,13H2,1-3H3,(H,25,28)(H,26,27). The lowest BCUT2D eigenvalue weighted by Crippen LogP contribution is -2.42. The molecule has 0 spiro atoms. The van der Waals surface area contributed by atoms with Gasteiger partial charge in [0.1, 0.15) is 10.8 Å². The van der Waals surface area contributed by atoms with Gasteiger partial charge in [-0.3, -0.25) is 9.59 Å². The molecule has 0 bridgehead atoms. The van der Waals surface area contributed by atoms with E-state index in [2.05, 4.69) is 17.2 Å². The molecule has 1 unspecified atom stereocenters. The van der Waals surface area contributed by atoms with Crippen LogP contribution < -0.4 is 10.1 Å². The SMILES string of the molecule is CC#CC(CC(=O)O)c1ccc(NC(=O)C(C)(C)Oc2cccc(Cl)c2Cl)cc1. The van der Waals surface area contributed by atoms with E-state index in [4.69, 9.17) is 33.0 Å². The summed E-state index contributed by atoms with van der Waals surface area (Å²) in [6, 6.07) is 11.8. The maximum atomic E-state index is 12.7. The Bertz CT molecular complexity index is 959. The lowest BCUT2D eigenvalue weighted by Gasteiger charge is -2.26. The average molecular weight is 434 g/mol. The van der Waals surface area contributed by atoms with Gasteiger partial charge in [0.25, 0.3) is 5.91 Å². The zero-order chi connectivity index (χ0) is 21.6. The summed E-state index contributed by atoms with van der Waals surface area (Å²) in [5.41, 5.74) is 0.0964. The number of amides is 1. The quantitative estimate of drug-likeness (QED) is 0.575. The lowest BCUT2D eigenvalue weighted by atomic mass is 9.96. The molecule has 152 valence electrons. The highest BCUT2D eigenvalue weighted by Gasteiger charge is 2.31. The van der Waals surface area contributed by atoms with Gasteiger partial charge in [0, 0.05) is 5.69 Å². The molecule has 2 rings (SSSR count). The summed E-state index contributed by atoms with van der Waals surface area (Å²) >= 11 is 12.1. The van der Waals surface area contributed by atoms with Crippen LogP contribution in [0.5, 0.6) is 5.75 Å². The Morgan fingerprint density at radius 3 is 2.41 bits per heavy atom. The Morgan fingerprint density at radius 1 is 1.17 bits per heavy atom. The number of halogens is 2. The smallest absolute Gasteiger partial charge is 0.304 e. The normalized spacial score (nSPS) is 11.8. The zero-order valence-electron chi connectivity index (χ0n) is 16.3. The van der Waals surface area contributed by atoms with E-state index in [1.807, 2.05) is 0 Å². The van der Waals surface area contributed by atoms with Gasteiger partial charge in [0.15, 0.2) is 5.60 Å². The molecular weight excluding hydrogens is 413 g/mol. The summed E-state index contributed by atoms with van der Waals surface area (Å²) in [4.78, 5) is 23.7. The number of carbonyl (C=O) groups excluding carboxylic acids is 1. The van der Waals surface area contributed by atoms with E-state index < -0.39 is 17.5 Å². The minimum Gasteiger partial charge on any atom is -0.481 e. The first-order valence-corrected chi connectivity index (χ1v) is 9.58. The van der Waals surface area contributed by atoms with E-state index >= 15 is 0 Å². The summed E-state index contributed by atoms with van der Waals surface area (Å²) in [5, 5.41) is 12.4. The summed E-state index contributed by atoms with van der Waals surface area (Å²) in [5.74, 6) is 4.24. The van der Waals surface area contributed by atoms with Gasteiger partial charge in [-0.1, -0.05) is 47.3 Å². The fraction of sp³-hybridized carbons (Fsp3) is 0.273. The summed E-state index contributed by atoms with van der Waals surface area (Å²) in [6.07, 6.45) is -0.0895. The molecule has 2 aromatic carbocycles. The molecular formula is C22H21Cl2NO4. The molecule has 0 fully saturated rings. The average Bonchev–Trinajstić information content (AvgIpc) is 2.65. The van der Waals surface area contributed by atoms with Crippen molar-refractivity contribution in [1.82, 2.24) is 0 Å². The summed E-state index contributed by atoms with van der Waals surface area (Å²) < 4.78 is 5.77. The molecule has 0 aromatic heterocycles. The first-order valence-electron chi connectivity index (χ1n) is 8.82. The predicted molar refractivity (Wildman–Crippen MR) is 115 cm³/mol. The van der Waals surface area contributed by atoms with Crippen LogP contribution in [0.25, 0.3) is 0 Å². The number of carbonyl (C=O) groups is 2. The fourth-order valence-corrected chi connectivity index (χ4v) is 2.90. The van der Waals surface area contributed by atoms with Crippen LogP contribution in [0, 0.1) is 11.8 Å². The van der Waals surface area contributed by atoms with Crippen molar-refractivity contribution >= 4 is 40.8 Å². The van der Waals surface area contributed by atoms with Crippen LogP contribution in [0.3, 0.4) is 0 Å². The molecule has 1 amide bonds. The Morgan fingerprint density at radius 2 is 1.83 bits per heavy atom. The Kier molecular flexibility index (Phi) is 7.55. The highest BCUT2D eigenvalue weighted by molar-refractivity contribution is 6.42. The topological polar surface area (TPSA) is 75.6 Å². The van der Waals surface area contributed by atoms with Crippen molar-refractivity contribution in [2.24, 2.45) is 0 Å². The van der Waals surface area contributed by atoms with E-state index in [-0.39, 0.29) is 17.4 Å². The Hall–Kier alpha value is -2.68. The van der Waals surface area contributed by atoms with Gasteiger partial charge in [-0.05, 0) is 50.6 Å². The second-order valence-electron chi connectivity index (χ2n) is 6.79. The largest absolute Gasteiger partial charge is 0.481 e. The summed E-state index contributed by atoms with van der Waals surface area (Å²) in [7, 11) is 0. The molecule has 7 heteroatoms. The molecule has 2 N–H and O–H groups in total. The number of hydrogen-bond acceptors (Lipinski definition) is 3. The highest BCUT2D eigenvalue weighted by atomic mass is 35.5. The van der Waals surface area contributed by atoms with Gasteiger partial charge in [0.2, 0.25) is 0 Å². The second-order valence-corrected chi connectivity index (χ2v) is 7.57. The Balaban J connectivity index is 2.11. The number of rotatable bonds is 7. The van der Waals surface area contributed by atoms with Gasteiger partial charge in [-0.15, -0.1) is 5.92 Å². The number of anilines is 1. The molecule has 2 aromatic rings. The van der Waals surface area contributed by atoms with Gasteiger partial charge < -0.3 is 15.2 Å². The minimum atomic E-state index is -1.22. The van der Waals surface area contributed by atoms with Gasteiger partial charge in [-0.25, -0.2) is 0 Å². The third-order valence-corrected chi connectivity index (χ3v) is 4.90. The number of hydrogen-bond donors (Lipinski definition) is 2. The number of benzene rings is 2. The predicted octanol–water partition coefficient (Wildman–Crippen LogP) is 5.37. The molecule has 5 nitrogen and oxygen atoms in total. The van der Waals surface area contributed by atoms with Crippen LogP contribution in [-0.2, 0) is 9.59 Å². The van der Waals surface area contributed by atoms with E-state index in [0.29, 0.717) is 16.5 Å². The lowest BCUT2D eigenvalue weighted by molar-refractivity contribution is -0.137. The monoisotopic (exact) mass is 433 g/mol. The van der Waals surface area contributed by atoms with Crippen molar-refractivity contribution < 1.29 is 19.4 Å². The van der Waals surface area contributed by atoms with Crippen LogP contribution in [-0.4, -0.2) is 22.6 Å². The van der Waals surface area contributed by atoms with Crippen molar-refractivity contribution in [3.8, 4) is 17.6 Å².